The summed E-state index contributed by atoms with van der Waals surface area (Å²) in [5.41, 5.74) is 1.60. The van der Waals surface area contributed by atoms with Gasteiger partial charge in [0, 0.05) is 38.6 Å². The monoisotopic (exact) mass is 520 g/mol. The number of rotatable bonds is 9. The molecule has 1 atom stereocenters. The Bertz CT molecular complexity index is 1030. The Morgan fingerprint density at radius 2 is 1.76 bits per heavy atom. The molecule has 2 aromatic carbocycles. The third-order valence-corrected chi connectivity index (χ3v) is 7.38. The van der Waals surface area contributed by atoms with Crippen LogP contribution < -0.4 is 4.74 Å². The van der Waals surface area contributed by atoms with Crippen molar-refractivity contribution >= 4 is 6.09 Å². The lowest BCUT2D eigenvalue weighted by atomic mass is 9.68. The Morgan fingerprint density at radius 1 is 1.05 bits per heavy atom. The number of hydrogen-bond donors (Lipinski definition) is 1. The van der Waals surface area contributed by atoms with Gasteiger partial charge in [-0.15, -0.1) is 13.2 Å². The number of piperazine rings is 1. The van der Waals surface area contributed by atoms with Crippen LogP contribution in [0.15, 0.2) is 48.5 Å². The second-order valence-corrected chi connectivity index (χ2v) is 9.96. The summed E-state index contributed by atoms with van der Waals surface area (Å²) in [6, 6.07) is 13.6. The Balaban J connectivity index is 1.41. The van der Waals surface area contributed by atoms with E-state index in [0.29, 0.717) is 44.9 Å². The van der Waals surface area contributed by atoms with Gasteiger partial charge in [-0.05, 0) is 54.5 Å². The summed E-state index contributed by atoms with van der Waals surface area (Å²) >= 11 is 0. The highest BCUT2D eigenvalue weighted by atomic mass is 19.4. The van der Waals surface area contributed by atoms with Gasteiger partial charge in [-0.25, -0.2) is 4.79 Å². The molecular weight excluding hydrogens is 485 g/mol. The maximum atomic E-state index is 12.6. The minimum atomic E-state index is -4.74. The van der Waals surface area contributed by atoms with Crippen LogP contribution in [0.3, 0.4) is 0 Å². The minimum absolute atomic E-state index is 0.0988. The van der Waals surface area contributed by atoms with E-state index in [1.54, 1.807) is 11.0 Å². The number of benzene rings is 2. The van der Waals surface area contributed by atoms with Crippen LogP contribution in [-0.2, 0) is 4.74 Å². The Morgan fingerprint density at radius 3 is 2.35 bits per heavy atom. The first kappa shape index (κ1) is 27.3. The summed E-state index contributed by atoms with van der Waals surface area (Å²) in [6.45, 7) is 5.76. The predicted molar refractivity (Wildman–Crippen MR) is 134 cm³/mol. The molecule has 0 aromatic heterocycles. The van der Waals surface area contributed by atoms with Crippen molar-refractivity contribution in [1.29, 1.82) is 0 Å². The lowest BCUT2D eigenvalue weighted by Crippen LogP contribution is -2.53. The van der Waals surface area contributed by atoms with E-state index in [1.807, 2.05) is 24.3 Å². The summed E-state index contributed by atoms with van der Waals surface area (Å²) in [5, 5.41) is 11.3. The zero-order valence-electron chi connectivity index (χ0n) is 21.2. The first-order valence-corrected chi connectivity index (χ1v) is 13.0. The second kappa shape index (κ2) is 11.7. The summed E-state index contributed by atoms with van der Waals surface area (Å²) in [4.78, 5) is 16.3. The van der Waals surface area contributed by atoms with Gasteiger partial charge in [-0.3, -0.25) is 4.90 Å². The molecule has 1 saturated heterocycles. The molecule has 1 saturated carbocycles. The highest BCUT2D eigenvalue weighted by molar-refractivity contribution is 5.67. The fraction of sp³-hybridized carbons (Fsp3) is 0.536. The van der Waals surface area contributed by atoms with Crippen molar-refractivity contribution in [3.8, 4) is 16.9 Å². The Kier molecular flexibility index (Phi) is 8.64. The smallest absolute Gasteiger partial charge is 0.449 e. The number of amides is 1. The molecule has 0 spiro atoms. The molecule has 9 heteroatoms. The predicted octanol–water partition coefficient (Wildman–Crippen LogP) is 5.81. The minimum Gasteiger partial charge on any atom is -0.449 e. The number of hydrogen-bond acceptors (Lipinski definition) is 5. The highest BCUT2D eigenvalue weighted by Gasteiger charge is 2.44. The van der Waals surface area contributed by atoms with Crippen molar-refractivity contribution in [2.24, 2.45) is 0 Å². The molecule has 202 valence electrons. The average molecular weight is 521 g/mol. The van der Waals surface area contributed by atoms with E-state index in [0.717, 1.165) is 43.2 Å². The maximum absolute atomic E-state index is 12.6. The molecule has 4 rings (SSSR count). The third-order valence-electron chi connectivity index (χ3n) is 7.38. The topological polar surface area (TPSA) is 62.2 Å². The number of unbranched alkanes of at least 4 members (excludes halogenated alkanes) is 1. The van der Waals surface area contributed by atoms with Gasteiger partial charge in [0.15, 0.2) is 0 Å². The molecule has 1 aliphatic carbocycles. The fourth-order valence-corrected chi connectivity index (χ4v) is 5.02. The van der Waals surface area contributed by atoms with E-state index in [1.165, 1.54) is 18.2 Å². The second-order valence-electron chi connectivity index (χ2n) is 9.96. The average Bonchev–Trinajstić information content (AvgIpc) is 2.86. The zero-order valence-corrected chi connectivity index (χ0v) is 21.2. The molecule has 1 heterocycles. The molecule has 2 aromatic rings. The van der Waals surface area contributed by atoms with Gasteiger partial charge in [0.2, 0.25) is 0 Å². The summed E-state index contributed by atoms with van der Waals surface area (Å²) in [7, 11) is 0. The molecule has 1 N–H and O–H groups in total. The third kappa shape index (κ3) is 7.17. The van der Waals surface area contributed by atoms with Gasteiger partial charge in [0.1, 0.15) is 5.75 Å². The zero-order chi connectivity index (χ0) is 26.5. The maximum Gasteiger partial charge on any atom is 0.573 e. The highest BCUT2D eigenvalue weighted by Crippen LogP contribution is 2.44. The van der Waals surface area contributed by atoms with E-state index >= 15 is 0 Å². The number of carbonyl (C=O) groups is 1. The number of alkyl halides is 3. The van der Waals surface area contributed by atoms with Crippen molar-refractivity contribution < 1.29 is 32.5 Å². The molecule has 2 fully saturated rings. The Labute approximate surface area is 216 Å². The van der Waals surface area contributed by atoms with Gasteiger partial charge in [-0.2, -0.15) is 0 Å². The van der Waals surface area contributed by atoms with Crippen LogP contribution >= 0.6 is 0 Å². The fourth-order valence-electron chi connectivity index (χ4n) is 5.02. The van der Waals surface area contributed by atoms with Crippen molar-refractivity contribution in [3.63, 3.8) is 0 Å². The summed E-state index contributed by atoms with van der Waals surface area (Å²) in [6.07, 6.45) is -0.714. The van der Waals surface area contributed by atoms with E-state index in [2.05, 4.69) is 16.6 Å². The van der Waals surface area contributed by atoms with E-state index < -0.39 is 12.0 Å². The number of nitrogens with zero attached hydrogens (tertiary/aromatic N) is 2. The van der Waals surface area contributed by atoms with Gasteiger partial charge in [0.25, 0.3) is 0 Å². The van der Waals surface area contributed by atoms with Gasteiger partial charge in [0.05, 0.1) is 12.2 Å². The molecule has 2 aliphatic rings. The molecule has 6 nitrogen and oxygen atoms in total. The number of ether oxygens (including phenoxy) is 2. The SMILES string of the molecule is CCCCOC(=O)N1CCN(CC(c2ccc(-c3cccc(OC(F)(F)F)c3)cc2)C2(O)CCC2)CC1. The van der Waals surface area contributed by atoms with Crippen LogP contribution in [0.5, 0.6) is 5.75 Å². The lowest BCUT2D eigenvalue weighted by molar-refractivity contribution is -0.274. The Hall–Kier alpha value is -2.78. The quantitative estimate of drug-likeness (QED) is 0.423. The summed E-state index contributed by atoms with van der Waals surface area (Å²) in [5.74, 6) is -0.359. The summed E-state index contributed by atoms with van der Waals surface area (Å²) < 4.78 is 47.2. The van der Waals surface area contributed by atoms with Crippen LogP contribution in [-0.4, -0.2) is 72.3 Å². The number of carbonyl (C=O) groups excluding carboxylic acids is 1. The van der Waals surface area contributed by atoms with Gasteiger partial charge < -0.3 is 19.5 Å². The molecule has 0 radical (unpaired) electrons. The van der Waals surface area contributed by atoms with Gasteiger partial charge >= 0.3 is 12.5 Å². The largest absolute Gasteiger partial charge is 0.573 e. The van der Waals surface area contributed by atoms with E-state index in [4.69, 9.17) is 4.74 Å². The van der Waals surface area contributed by atoms with Crippen molar-refractivity contribution in [2.45, 2.75) is 56.9 Å². The normalized spacial score (nSPS) is 18.7. The van der Waals surface area contributed by atoms with Crippen molar-refractivity contribution in [2.75, 3.05) is 39.3 Å². The van der Waals surface area contributed by atoms with Crippen molar-refractivity contribution in [3.05, 3.63) is 54.1 Å². The number of aliphatic hydroxyl groups is 1. The van der Waals surface area contributed by atoms with Crippen LogP contribution in [0.4, 0.5) is 18.0 Å². The van der Waals surface area contributed by atoms with Crippen LogP contribution in [0, 0.1) is 0 Å². The number of halogens is 3. The molecule has 37 heavy (non-hydrogen) atoms. The van der Waals surface area contributed by atoms with Crippen LogP contribution in [0.2, 0.25) is 0 Å². The standard InChI is InChI=1S/C28H35F3N2O4/c1-2-3-18-36-26(34)33-16-14-32(15-17-33)20-25(27(35)12-5-13-27)22-10-8-21(9-11-22)23-6-4-7-24(19-23)37-28(29,30)31/h4,6-11,19,25,35H,2-3,5,12-18,20H2,1H3. The molecule has 1 amide bonds. The van der Waals surface area contributed by atoms with E-state index in [9.17, 15) is 23.1 Å². The van der Waals surface area contributed by atoms with Crippen LogP contribution in [0.25, 0.3) is 11.1 Å². The molecule has 1 aliphatic heterocycles. The molecular formula is C28H35F3N2O4. The first-order valence-electron chi connectivity index (χ1n) is 13.0. The van der Waals surface area contributed by atoms with Crippen molar-refractivity contribution in [1.82, 2.24) is 9.80 Å². The first-order chi connectivity index (χ1) is 17.7. The van der Waals surface area contributed by atoms with Gasteiger partial charge in [-0.1, -0.05) is 49.7 Å². The lowest BCUT2D eigenvalue weighted by Gasteiger charge is -2.46. The van der Waals surface area contributed by atoms with E-state index in [-0.39, 0.29) is 17.8 Å². The molecule has 1 unspecified atom stereocenters. The van der Waals surface area contributed by atoms with Crippen LogP contribution in [0.1, 0.15) is 50.5 Å². The molecule has 0 bridgehead atoms.